The molecule has 0 spiro atoms. The van der Waals surface area contributed by atoms with Crippen LogP contribution < -0.4 is 11.1 Å². The molecule has 0 bridgehead atoms. The van der Waals surface area contributed by atoms with Gasteiger partial charge in [0, 0.05) is 0 Å². The molecule has 2 rings (SSSR count). The summed E-state index contributed by atoms with van der Waals surface area (Å²) >= 11 is 0. The maximum atomic E-state index is 12.6. The molecule has 6 nitrogen and oxygen atoms in total. The summed E-state index contributed by atoms with van der Waals surface area (Å²) < 4.78 is 12.6. The van der Waals surface area contributed by atoms with E-state index in [1.807, 2.05) is 0 Å². The Morgan fingerprint density at radius 2 is 2.29 bits per heavy atom. The molecule has 0 aliphatic carbocycles. The van der Waals surface area contributed by atoms with Crippen molar-refractivity contribution in [2.24, 2.45) is 0 Å². The Hall–Kier alpha value is -2.44. The second-order valence-corrected chi connectivity index (χ2v) is 3.43. The maximum Gasteiger partial charge on any atom is 0.279 e. The van der Waals surface area contributed by atoms with E-state index in [0.29, 0.717) is 5.69 Å². The van der Waals surface area contributed by atoms with Gasteiger partial charge in [0.15, 0.2) is 5.69 Å². The fraction of sp³-hybridized carbons (Fsp3) is 0.100. The summed E-state index contributed by atoms with van der Waals surface area (Å²) in [5.41, 5.74) is 6.63. The molecule has 0 unspecified atom stereocenters. The lowest BCUT2D eigenvalue weighted by molar-refractivity contribution is 0.102. The number of nitrogen functional groups attached to an aromatic ring is 1. The molecule has 0 saturated carbocycles. The fourth-order valence-electron chi connectivity index (χ4n) is 1.24. The Kier molecular flexibility index (Phi) is 2.73. The number of hydrogen-bond acceptors (Lipinski definition) is 4. The van der Waals surface area contributed by atoms with E-state index in [2.05, 4.69) is 20.5 Å². The summed E-state index contributed by atoms with van der Waals surface area (Å²) in [5, 5.41) is 8.82. The second-order valence-electron chi connectivity index (χ2n) is 3.43. The van der Waals surface area contributed by atoms with Gasteiger partial charge in [-0.3, -0.25) is 9.89 Å². The van der Waals surface area contributed by atoms with Gasteiger partial charge in [0.05, 0.1) is 17.6 Å². The third kappa shape index (κ3) is 2.22. The Balaban J connectivity index is 2.17. The van der Waals surface area contributed by atoms with Crippen LogP contribution in [0, 0.1) is 12.7 Å². The third-order valence-corrected chi connectivity index (χ3v) is 2.18. The molecular formula is C10H10FN5O. The first kappa shape index (κ1) is 11.1. The molecule has 17 heavy (non-hydrogen) atoms. The van der Waals surface area contributed by atoms with Crippen LogP contribution in [0.25, 0.3) is 0 Å². The van der Waals surface area contributed by atoms with Crippen molar-refractivity contribution in [2.75, 3.05) is 11.1 Å². The van der Waals surface area contributed by atoms with Crippen LogP contribution in [0.4, 0.5) is 15.9 Å². The van der Waals surface area contributed by atoms with E-state index < -0.39 is 11.7 Å². The van der Waals surface area contributed by atoms with Crippen molar-refractivity contribution < 1.29 is 9.18 Å². The van der Waals surface area contributed by atoms with E-state index >= 15 is 0 Å². The second kappa shape index (κ2) is 4.20. The van der Waals surface area contributed by atoms with Gasteiger partial charge in [0.2, 0.25) is 0 Å². The number of carbonyl (C=O) groups excluding carboxylic acids is 1. The van der Waals surface area contributed by atoms with Crippen molar-refractivity contribution in [3.05, 3.63) is 35.5 Å². The lowest BCUT2D eigenvalue weighted by Gasteiger charge is -2.02. The Labute approximate surface area is 96.1 Å². The largest absolute Gasteiger partial charge is 0.395 e. The van der Waals surface area contributed by atoms with Gasteiger partial charge in [-0.15, -0.1) is 0 Å². The number of aryl methyl sites for hydroxylation is 1. The van der Waals surface area contributed by atoms with E-state index in [-0.39, 0.29) is 17.2 Å². The third-order valence-electron chi connectivity index (χ3n) is 2.18. The van der Waals surface area contributed by atoms with Crippen molar-refractivity contribution >= 4 is 17.4 Å². The predicted molar refractivity (Wildman–Crippen MR) is 59.9 cm³/mol. The molecule has 2 aromatic heterocycles. The number of anilines is 2. The van der Waals surface area contributed by atoms with Crippen molar-refractivity contribution in [1.82, 2.24) is 15.2 Å². The zero-order valence-electron chi connectivity index (χ0n) is 8.99. The van der Waals surface area contributed by atoms with Gasteiger partial charge >= 0.3 is 0 Å². The normalized spacial score (nSPS) is 10.2. The van der Waals surface area contributed by atoms with Gasteiger partial charge in [0.1, 0.15) is 11.6 Å². The number of H-pyrrole nitrogens is 1. The van der Waals surface area contributed by atoms with Gasteiger partial charge in [-0.1, -0.05) is 0 Å². The number of aromatic nitrogens is 3. The Morgan fingerprint density at radius 3 is 2.82 bits per heavy atom. The number of hydrogen-bond donors (Lipinski definition) is 3. The number of rotatable bonds is 2. The molecule has 0 radical (unpaired) electrons. The van der Waals surface area contributed by atoms with Crippen LogP contribution in [-0.4, -0.2) is 21.1 Å². The van der Waals surface area contributed by atoms with Crippen molar-refractivity contribution in [1.29, 1.82) is 0 Å². The number of nitrogens with zero attached hydrogens (tertiary/aromatic N) is 2. The number of nitrogens with two attached hydrogens (primary N) is 1. The van der Waals surface area contributed by atoms with Gasteiger partial charge < -0.3 is 11.1 Å². The number of amides is 1. The first-order valence-corrected chi connectivity index (χ1v) is 4.81. The highest BCUT2D eigenvalue weighted by atomic mass is 19.1. The first-order valence-electron chi connectivity index (χ1n) is 4.81. The van der Waals surface area contributed by atoms with Crippen molar-refractivity contribution in [2.45, 2.75) is 6.92 Å². The molecule has 2 heterocycles. The number of aromatic amines is 1. The van der Waals surface area contributed by atoms with Crippen LogP contribution in [0.2, 0.25) is 0 Å². The van der Waals surface area contributed by atoms with Gasteiger partial charge in [-0.25, -0.2) is 9.37 Å². The molecule has 0 saturated heterocycles. The highest BCUT2D eigenvalue weighted by molar-refractivity contribution is 6.06. The SMILES string of the molecule is Cc1[nH]nc(C(=O)Nc2ccc(F)cn2)c1N. The first-order chi connectivity index (χ1) is 8.08. The van der Waals surface area contributed by atoms with E-state index in [1.54, 1.807) is 6.92 Å². The topological polar surface area (TPSA) is 96.7 Å². The average molecular weight is 235 g/mol. The summed E-state index contributed by atoms with van der Waals surface area (Å²) in [6.45, 7) is 1.70. The van der Waals surface area contributed by atoms with Crippen molar-refractivity contribution in [3.8, 4) is 0 Å². The summed E-state index contributed by atoms with van der Waals surface area (Å²) in [6.07, 6.45) is 1.01. The van der Waals surface area contributed by atoms with Crippen LogP contribution >= 0.6 is 0 Å². The van der Waals surface area contributed by atoms with Crippen LogP contribution in [0.15, 0.2) is 18.3 Å². The van der Waals surface area contributed by atoms with Crippen molar-refractivity contribution in [3.63, 3.8) is 0 Å². The molecule has 0 aromatic carbocycles. The summed E-state index contributed by atoms with van der Waals surface area (Å²) in [5.74, 6) is -0.736. The minimum Gasteiger partial charge on any atom is -0.395 e. The highest BCUT2D eigenvalue weighted by Crippen LogP contribution is 2.14. The molecule has 0 fully saturated rings. The number of halogens is 1. The summed E-state index contributed by atoms with van der Waals surface area (Å²) in [4.78, 5) is 15.4. The molecule has 0 aliphatic heterocycles. The highest BCUT2D eigenvalue weighted by Gasteiger charge is 2.15. The molecule has 0 atom stereocenters. The van der Waals surface area contributed by atoms with Gasteiger partial charge in [-0.2, -0.15) is 5.10 Å². The Morgan fingerprint density at radius 1 is 1.53 bits per heavy atom. The quantitative estimate of drug-likeness (QED) is 0.725. The van der Waals surface area contributed by atoms with E-state index in [9.17, 15) is 9.18 Å². The lowest BCUT2D eigenvalue weighted by Crippen LogP contribution is -2.15. The molecule has 2 aromatic rings. The predicted octanol–water partition coefficient (Wildman–Crippen LogP) is 1.09. The van der Waals surface area contributed by atoms with Gasteiger partial charge in [-0.05, 0) is 19.1 Å². The van der Waals surface area contributed by atoms with Crippen LogP contribution in [0.1, 0.15) is 16.2 Å². The molecule has 1 amide bonds. The van der Waals surface area contributed by atoms with Crippen LogP contribution in [-0.2, 0) is 0 Å². The summed E-state index contributed by atoms with van der Waals surface area (Å²) in [6, 6.07) is 2.55. The maximum absolute atomic E-state index is 12.6. The van der Waals surface area contributed by atoms with E-state index in [4.69, 9.17) is 5.73 Å². The fourth-order valence-corrected chi connectivity index (χ4v) is 1.24. The minimum atomic E-state index is -0.494. The number of carbonyl (C=O) groups is 1. The molecular weight excluding hydrogens is 225 g/mol. The zero-order chi connectivity index (χ0) is 12.4. The molecule has 0 aliphatic rings. The van der Waals surface area contributed by atoms with Gasteiger partial charge in [0.25, 0.3) is 5.91 Å². The van der Waals surface area contributed by atoms with Crippen LogP contribution in [0.3, 0.4) is 0 Å². The summed E-state index contributed by atoms with van der Waals surface area (Å²) in [7, 11) is 0. The molecule has 88 valence electrons. The molecule has 7 heteroatoms. The monoisotopic (exact) mass is 235 g/mol. The molecule has 4 N–H and O–H groups in total. The standard InChI is InChI=1S/C10H10FN5O/c1-5-8(12)9(16-15-5)10(17)14-7-3-2-6(11)4-13-7/h2-4H,12H2,1H3,(H,15,16)(H,13,14,17). The lowest BCUT2D eigenvalue weighted by atomic mass is 10.3. The van der Waals surface area contributed by atoms with Crippen LogP contribution in [0.5, 0.6) is 0 Å². The smallest absolute Gasteiger partial charge is 0.279 e. The zero-order valence-corrected chi connectivity index (χ0v) is 8.99. The minimum absolute atomic E-state index is 0.0913. The van der Waals surface area contributed by atoms with E-state index in [1.165, 1.54) is 12.1 Å². The van der Waals surface area contributed by atoms with E-state index in [0.717, 1.165) is 6.20 Å². The number of nitrogens with one attached hydrogen (secondary N) is 2. The number of pyridine rings is 1. The average Bonchev–Trinajstić information content (AvgIpc) is 2.63. The Bertz CT molecular complexity index is 548.